The zero-order chi connectivity index (χ0) is 23.7. The number of piperazine rings is 1. The van der Waals surface area contributed by atoms with E-state index in [2.05, 4.69) is 27.1 Å². The van der Waals surface area contributed by atoms with Crippen LogP contribution in [0.1, 0.15) is 12.2 Å². The van der Waals surface area contributed by atoms with Gasteiger partial charge in [-0.25, -0.2) is 14.1 Å². The van der Waals surface area contributed by atoms with Gasteiger partial charge in [0, 0.05) is 44.8 Å². The van der Waals surface area contributed by atoms with Gasteiger partial charge in [-0.2, -0.15) is 5.10 Å². The van der Waals surface area contributed by atoms with Crippen LogP contribution in [0.25, 0.3) is 16.7 Å². The van der Waals surface area contributed by atoms with Crippen LogP contribution in [-0.4, -0.2) is 56.3 Å². The molecule has 3 heterocycles. The number of carbonyl (C=O) groups is 1. The summed E-state index contributed by atoms with van der Waals surface area (Å²) in [5, 5.41) is 4.64. The van der Waals surface area contributed by atoms with Crippen molar-refractivity contribution in [2.45, 2.75) is 19.9 Å². The van der Waals surface area contributed by atoms with E-state index in [4.69, 9.17) is 0 Å². The van der Waals surface area contributed by atoms with Gasteiger partial charge in [0.2, 0.25) is 5.91 Å². The quantitative estimate of drug-likeness (QED) is 0.458. The summed E-state index contributed by atoms with van der Waals surface area (Å²) < 4.78 is 16.3. The summed E-state index contributed by atoms with van der Waals surface area (Å²) in [6.07, 6.45) is 1.69. The molecule has 1 aliphatic heterocycles. The van der Waals surface area contributed by atoms with Crippen LogP contribution in [0.15, 0.2) is 65.6 Å². The molecule has 5 rings (SSSR count). The molecule has 1 aliphatic rings. The third-order valence-corrected chi connectivity index (χ3v) is 6.25. The highest BCUT2D eigenvalue weighted by molar-refractivity contribution is 5.77. The van der Waals surface area contributed by atoms with E-state index in [1.54, 1.807) is 19.1 Å². The molecule has 2 aromatic carbocycles. The molecule has 0 N–H and O–H groups in total. The van der Waals surface area contributed by atoms with E-state index >= 15 is 0 Å². The Morgan fingerprint density at radius 2 is 1.68 bits per heavy atom. The highest BCUT2D eigenvalue weighted by Gasteiger charge is 2.22. The van der Waals surface area contributed by atoms with Crippen LogP contribution in [0, 0.1) is 12.7 Å². The van der Waals surface area contributed by atoms with Gasteiger partial charge in [0.05, 0.1) is 11.9 Å². The van der Waals surface area contributed by atoms with Gasteiger partial charge in [-0.3, -0.25) is 14.2 Å². The summed E-state index contributed by atoms with van der Waals surface area (Å²) in [4.78, 5) is 34.7. The molecule has 0 saturated carbocycles. The van der Waals surface area contributed by atoms with Gasteiger partial charge >= 0.3 is 0 Å². The second-order valence-electron chi connectivity index (χ2n) is 8.34. The van der Waals surface area contributed by atoms with E-state index in [0.29, 0.717) is 35.6 Å². The van der Waals surface area contributed by atoms with E-state index < -0.39 is 0 Å². The molecule has 0 unspecified atom stereocenters. The fourth-order valence-corrected chi connectivity index (χ4v) is 4.36. The van der Waals surface area contributed by atoms with E-state index in [0.717, 1.165) is 18.8 Å². The average Bonchev–Trinajstić information content (AvgIpc) is 3.29. The third kappa shape index (κ3) is 4.16. The van der Waals surface area contributed by atoms with Gasteiger partial charge in [-0.05, 0) is 43.3 Å². The number of rotatable bonds is 5. The van der Waals surface area contributed by atoms with E-state index in [1.165, 1.54) is 27.6 Å². The Morgan fingerprint density at radius 1 is 0.971 bits per heavy atom. The van der Waals surface area contributed by atoms with Crippen molar-refractivity contribution in [2.24, 2.45) is 0 Å². The Bertz CT molecular complexity index is 1370. The van der Waals surface area contributed by atoms with Crippen LogP contribution in [0.4, 0.5) is 10.1 Å². The SMILES string of the molecule is Cc1nc2c(cnn2-c2ccc(F)cc2)c(=O)n1CCC(=O)N1CCN(c2ccccc2)CC1. The van der Waals surface area contributed by atoms with Crippen molar-refractivity contribution in [3.8, 4) is 5.69 Å². The normalized spacial score (nSPS) is 14.1. The Hall–Kier alpha value is -4.01. The van der Waals surface area contributed by atoms with Crippen LogP contribution in [-0.2, 0) is 11.3 Å². The first-order chi connectivity index (χ1) is 16.5. The number of anilines is 1. The molecule has 1 saturated heterocycles. The molecule has 0 bridgehead atoms. The minimum atomic E-state index is -0.349. The first-order valence-electron chi connectivity index (χ1n) is 11.3. The maximum Gasteiger partial charge on any atom is 0.264 e. The second-order valence-corrected chi connectivity index (χ2v) is 8.34. The van der Waals surface area contributed by atoms with Gasteiger partial charge in [0.25, 0.3) is 5.56 Å². The van der Waals surface area contributed by atoms with Crippen LogP contribution >= 0.6 is 0 Å². The molecule has 9 heteroatoms. The van der Waals surface area contributed by atoms with Crippen molar-refractivity contribution in [2.75, 3.05) is 31.1 Å². The summed E-state index contributed by atoms with van der Waals surface area (Å²) in [5.74, 6) is 0.182. The smallest absolute Gasteiger partial charge is 0.264 e. The number of carbonyl (C=O) groups excluding carboxylic acids is 1. The molecule has 0 spiro atoms. The summed E-state index contributed by atoms with van der Waals surface area (Å²) in [6, 6.07) is 16.0. The van der Waals surface area contributed by atoms with Gasteiger partial charge in [0.15, 0.2) is 5.65 Å². The standard InChI is InChI=1S/C25H25FN6O2/c1-18-28-24-22(17-27-32(24)21-9-7-19(26)8-10-21)25(34)31(18)12-11-23(33)30-15-13-29(14-16-30)20-5-3-2-4-6-20/h2-10,17H,11-16H2,1H3. The van der Waals surface area contributed by atoms with Crippen molar-refractivity contribution in [1.29, 1.82) is 0 Å². The van der Waals surface area contributed by atoms with Crippen molar-refractivity contribution in [3.05, 3.63) is 82.8 Å². The number of aryl methyl sites for hydroxylation is 1. The molecule has 2 aromatic heterocycles. The van der Waals surface area contributed by atoms with Crippen LogP contribution in [0.2, 0.25) is 0 Å². The predicted octanol–water partition coefficient (Wildman–Crippen LogP) is 2.77. The molecular formula is C25H25FN6O2. The lowest BCUT2D eigenvalue weighted by molar-refractivity contribution is -0.131. The number of hydrogen-bond donors (Lipinski definition) is 0. The lowest BCUT2D eigenvalue weighted by atomic mass is 10.2. The topological polar surface area (TPSA) is 76.3 Å². The molecule has 1 fully saturated rings. The summed E-state index contributed by atoms with van der Waals surface area (Å²) in [6.45, 7) is 4.88. The highest BCUT2D eigenvalue weighted by Crippen LogP contribution is 2.17. The molecule has 34 heavy (non-hydrogen) atoms. The highest BCUT2D eigenvalue weighted by atomic mass is 19.1. The zero-order valence-corrected chi connectivity index (χ0v) is 18.9. The van der Waals surface area contributed by atoms with Crippen LogP contribution in [0.5, 0.6) is 0 Å². The second kappa shape index (κ2) is 9.09. The lowest BCUT2D eigenvalue weighted by Crippen LogP contribution is -2.49. The van der Waals surface area contributed by atoms with E-state index in [1.807, 2.05) is 23.1 Å². The molecule has 0 aliphatic carbocycles. The molecule has 4 aromatic rings. The largest absolute Gasteiger partial charge is 0.368 e. The molecule has 8 nitrogen and oxygen atoms in total. The molecule has 1 amide bonds. The van der Waals surface area contributed by atoms with Crippen LogP contribution < -0.4 is 10.5 Å². The first kappa shape index (κ1) is 21.8. The third-order valence-electron chi connectivity index (χ3n) is 6.25. The number of nitrogens with zero attached hydrogens (tertiary/aromatic N) is 6. The Labute approximate surface area is 195 Å². The van der Waals surface area contributed by atoms with Crippen molar-refractivity contribution in [3.63, 3.8) is 0 Å². The predicted molar refractivity (Wildman–Crippen MR) is 128 cm³/mol. The molecule has 0 radical (unpaired) electrons. The molecular weight excluding hydrogens is 435 g/mol. The Kier molecular flexibility index (Phi) is 5.83. The molecule has 174 valence electrons. The van der Waals surface area contributed by atoms with Gasteiger partial charge < -0.3 is 9.80 Å². The minimum absolute atomic E-state index is 0.0288. The number of hydrogen-bond acceptors (Lipinski definition) is 5. The van der Waals surface area contributed by atoms with Gasteiger partial charge in [0.1, 0.15) is 17.0 Å². The summed E-state index contributed by atoms with van der Waals surface area (Å²) in [5.41, 5.74) is 1.95. The average molecular weight is 461 g/mol. The maximum absolute atomic E-state index is 13.3. The first-order valence-corrected chi connectivity index (χ1v) is 11.3. The summed E-state index contributed by atoms with van der Waals surface area (Å²) in [7, 11) is 0. The number of halogens is 1. The number of aromatic nitrogens is 4. The van der Waals surface area contributed by atoms with Crippen molar-refractivity contribution >= 4 is 22.6 Å². The zero-order valence-electron chi connectivity index (χ0n) is 18.9. The fourth-order valence-electron chi connectivity index (χ4n) is 4.36. The lowest BCUT2D eigenvalue weighted by Gasteiger charge is -2.36. The Balaban J connectivity index is 1.27. The number of benzene rings is 2. The monoisotopic (exact) mass is 460 g/mol. The van der Waals surface area contributed by atoms with Gasteiger partial charge in [-0.15, -0.1) is 0 Å². The number of para-hydroxylation sites is 1. The minimum Gasteiger partial charge on any atom is -0.368 e. The molecule has 0 atom stereocenters. The van der Waals surface area contributed by atoms with Gasteiger partial charge in [-0.1, -0.05) is 18.2 Å². The maximum atomic E-state index is 13.3. The van der Waals surface area contributed by atoms with Crippen molar-refractivity contribution < 1.29 is 9.18 Å². The Morgan fingerprint density at radius 3 is 2.38 bits per heavy atom. The van der Waals surface area contributed by atoms with Crippen molar-refractivity contribution in [1.82, 2.24) is 24.2 Å². The summed E-state index contributed by atoms with van der Waals surface area (Å²) >= 11 is 0. The number of fused-ring (bicyclic) bond motifs is 1. The fraction of sp³-hybridized carbons (Fsp3) is 0.280. The van der Waals surface area contributed by atoms with E-state index in [-0.39, 0.29) is 30.2 Å². The number of amides is 1. The van der Waals surface area contributed by atoms with Crippen LogP contribution in [0.3, 0.4) is 0 Å². The van der Waals surface area contributed by atoms with E-state index in [9.17, 15) is 14.0 Å².